The monoisotopic (exact) mass is 667 g/mol. The smallest absolute Gasteiger partial charge is 0.340 e. The zero-order chi connectivity index (χ0) is 34.0. The number of pyridine rings is 1. The number of carbonyl (C=O) groups excluding carboxylic acids is 1. The highest BCUT2D eigenvalue weighted by Gasteiger charge is 2.32. The lowest BCUT2D eigenvalue weighted by atomic mass is 10.0. The topological polar surface area (TPSA) is 109 Å². The molecule has 244 valence electrons. The number of esters is 1. The Bertz CT molecular complexity index is 2260. The molecule has 0 spiro atoms. The van der Waals surface area contributed by atoms with Crippen LogP contribution in [0.3, 0.4) is 0 Å². The van der Waals surface area contributed by atoms with Crippen molar-refractivity contribution >= 4 is 38.4 Å². The number of hydrogen-bond acceptors (Lipinski definition) is 8. The first-order valence-corrected chi connectivity index (χ1v) is 17.4. The summed E-state index contributed by atoms with van der Waals surface area (Å²) in [5, 5.41) is 10.9. The molecule has 0 bridgehead atoms. The first-order chi connectivity index (χ1) is 23.9. The summed E-state index contributed by atoms with van der Waals surface area (Å²) in [5.41, 5.74) is 4.08. The van der Waals surface area contributed by atoms with E-state index >= 15 is 0 Å². The lowest BCUT2D eigenvalue weighted by Gasteiger charge is -2.34. The van der Waals surface area contributed by atoms with Crippen LogP contribution in [0.1, 0.15) is 33.5 Å². The zero-order valence-electron chi connectivity index (χ0n) is 26.9. The number of nitriles is 1. The average molecular weight is 668 g/mol. The van der Waals surface area contributed by atoms with E-state index in [4.69, 9.17) is 9.72 Å². The first-order valence-electron chi connectivity index (χ1n) is 16.0. The predicted molar refractivity (Wildman–Crippen MR) is 190 cm³/mol. The second-order valence-corrected chi connectivity index (χ2v) is 13.6. The van der Waals surface area contributed by atoms with Crippen molar-refractivity contribution < 1.29 is 17.9 Å². The van der Waals surface area contributed by atoms with E-state index in [1.54, 1.807) is 30.3 Å². The molecule has 3 heterocycles. The third kappa shape index (κ3) is 5.90. The molecule has 1 aliphatic heterocycles. The van der Waals surface area contributed by atoms with Gasteiger partial charge in [-0.15, -0.1) is 0 Å². The zero-order valence-corrected chi connectivity index (χ0v) is 27.7. The van der Waals surface area contributed by atoms with Gasteiger partial charge in [0.2, 0.25) is 0 Å². The van der Waals surface area contributed by atoms with Gasteiger partial charge in [-0.05, 0) is 41.8 Å². The van der Waals surface area contributed by atoms with Crippen molar-refractivity contribution in [2.45, 2.75) is 24.4 Å². The molecule has 0 N–H and O–H groups in total. The Kier molecular flexibility index (Phi) is 8.59. The van der Waals surface area contributed by atoms with Crippen molar-refractivity contribution in [3.05, 3.63) is 144 Å². The van der Waals surface area contributed by atoms with Gasteiger partial charge in [-0.3, -0.25) is 0 Å². The third-order valence-electron chi connectivity index (χ3n) is 8.82. The van der Waals surface area contributed by atoms with E-state index in [0.717, 1.165) is 36.3 Å². The van der Waals surface area contributed by atoms with Crippen LogP contribution in [-0.2, 0) is 27.8 Å². The molecule has 9 nitrogen and oxygen atoms in total. The number of benzene rings is 4. The lowest BCUT2D eigenvalue weighted by Crippen LogP contribution is -2.37. The molecule has 0 radical (unpaired) electrons. The quantitative estimate of drug-likeness (QED) is 0.144. The number of hydrogen-bond donors (Lipinski definition) is 0. The minimum Gasteiger partial charge on any atom is -0.465 e. The van der Waals surface area contributed by atoms with Crippen LogP contribution in [0.2, 0.25) is 0 Å². The summed E-state index contributed by atoms with van der Waals surface area (Å²) in [5.74, 6) is -0.295. The van der Waals surface area contributed by atoms with E-state index in [-0.39, 0.29) is 21.7 Å². The highest BCUT2D eigenvalue weighted by molar-refractivity contribution is 7.90. The van der Waals surface area contributed by atoms with Gasteiger partial charge in [-0.1, -0.05) is 91.0 Å². The maximum atomic E-state index is 14.9. The molecule has 0 aliphatic carbocycles. The standard InChI is InChI=1S/C39H33N5O4S/c1-48-39(45)34-25-41-38(43(26-28-13-5-2-6-14-28)27-29-15-7-3-8-16-29)37-32(34)23-36(44(37)49(46,47)30-17-9-4-10-18-30)31-19-11-20-35(33(31)24-40)42-21-12-22-42/h2-11,13-20,23,25H,12,21-22,26-27H2,1H3. The number of aromatic nitrogens is 2. The van der Waals surface area contributed by atoms with Crippen LogP contribution in [0.25, 0.3) is 22.2 Å². The minimum atomic E-state index is -4.33. The van der Waals surface area contributed by atoms with Crippen LogP contribution in [0.15, 0.2) is 126 Å². The Hall–Kier alpha value is -5.92. The summed E-state index contributed by atoms with van der Waals surface area (Å²) >= 11 is 0. The Balaban J connectivity index is 1.58. The summed E-state index contributed by atoms with van der Waals surface area (Å²) in [6, 6.07) is 37.4. The Labute approximate surface area is 285 Å². The Morgan fingerprint density at radius 1 is 0.878 bits per heavy atom. The van der Waals surface area contributed by atoms with Crippen LogP contribution in [0.4, 0.5) is 11.5 Å². The summed E-state index contributed by atoms with van der Waals surface area (Å²) in [7, 11) is -3.05. The van der Waals surface area contributed by atoms with Crippen molar-refractivity contribution in [3.8, 4) is 17.3 Å². The maximum absolute atomic E-state index is 14.9. The van der Waals surface area contributed by atoms with Crippen LogP contribution >= 0.6 is 0 Å². The van der Waals surface area contributed by atoms with Crippen molar-refractivity contribution in [1.29, 1.82) is 5.26 Å². The van der Waals surface area contributed by atoms with Gasteiger partial charge in [-0.2, -0.15) is 5.26 Å². The highest BCUT2D eigenvalue weighted by Crippen LogP contribution is 2.41. The van der Waals surface area contributed by atoms with E-state index in [2.05, 4.69) is 11.0 Å². The number of ether oxygens (including phenoxy) is 1. The summed E-state index contributed by atoms with van der Waals surface area (Å²) < 4.78 is 36.3. The van der Waals surface area contributed by atoms with Gasteiger partial charge in [-0.25, -0.2) is 22.2 Å². The second-order valence-electron chi connectivity index (χ2n) is 11.8. The molecule has 1 saturated heterocycles. The van der Waals surface area contributed by atoms with Crippen LogP contribution < -0.4 is 9.80 Å². The van der Waals surface area contributed by atoms with E-state index in [0.29, 0.717) is 35.4 Å². The molecule has 1 aliphatic rings. The van der Waals surface area contributed by atoms with Crippen LogP contribution in [-0.4, -0.2) is 43.5 Å². The van der Waals surface area contributed by atoms with E-state index in [1.807, 2.05) is 77.7 Å². The molecular formula is C39H33N5O4S. The molecule has 4 aromatic carbocycles. The molecule has 1 fully saturated rings. The summed E-state index contributed by atoms with van der Waals surface area (Å²) in [6.45, 7) is 2.40. The van der Waals surface area contributed by atoms with Crippen molar-refractivity contribution in [3.63, 3.8) is 0 Å². The number of rotatable bonds is 10. The molecule has 2 aromatic heterocycles. The summed E-state index contributed by atoms with van der Waals surface area (Å²) in [4.78, 5) is 22.3. The molecule has 0 unspecified atom stereocenters. The fourth-order valence-electron chi connectivity index (χ4n) is 6.31. The first kappa shape index (κ1) is 31.7. The number of nitrogens with zero attached hydrogens (tertiary/aromatic N) is 5. The van der Waals surface area contributed by atoms with Gasteiger partial charge in [0.15, 0.2) is 5.82 Å². The fourth-order valence-corrected chi connectivity index (χ4v) is 7.85. The van der Waals surface area contributed by atoms with Crippen molar-refractivity contribution in [1.82, 2.24) is 8.96 Å². The van der Waals surface area contributed by atoms with Gasteiger partial charge in [0.05, 0.1) is 34.5 Å². The molecule has 0 amide bonds. The second kappa shape index (κ2) is 13.3. The van der Waals surface area contributed by atoms with Gasteiger partial charge in [0.25, 0.3) is 10.0 Å². The van der Waals surface area contributed by atoms with Crippen molar-refractivity contribution in [2.75, 3.05) is 30.0 Å². The van der Waals surface area contributed by atoms with Gasteiger partial charge in [0.1, 0.15) is 11.6 Å². The van der Waals surface area contributed by atoms with Gasteiger partial charge in [0, 0.05) is 43.3 Å². The molecular weight excluding hydrogens is 635 g/mol. The Morgan fingerprint density at radius 3 is 2.04 bits per heavy atom. The molecule has 0 saturated carbocycles. The van der Waals surface area contributed by atoms with E-state index in [9.17, 15) is 18.5 Å². The molecule has 7 rings (SSSR count). The molecule has 10 heteroatoms. The number of fused-ring (bicyclic) bond motifs is 1. The largest absolute Gasteiger partial charge is 0.465 e. The highest BCUT2D eigenvalue weighted by atomic mass is 32.2. The number of carbonyl (C=O) groups is 1. The van der Waals surface area contributed by atoms with Crippen LogP contribution in [0.5, 0.6) is 0 Å². The third-order valence-corrected chi connectivity index (χ3v) is 10.5. The molecule has 0 atom stereocenters. The van der Waals surface area contributed by atoms with Gasteiger partial charge < -0.3 is 14.5 Å². The summed E-state index contributed by atoms with van der Waals surface area (Å²) in [6.07, 6.45) is 2.45. The fraction of sp³-hybridized carbons (Fsp3) is 0.154. The van der Waals surface area contributed by atoms with E-state index < -0.39 is 16.0 Å². The minimum absolute atomic E-state index is 0.0539. The predicted octanol–water partition coefficient (Wildman–Crippen LogP) is 7.02. The normalized spacial score (nSPS) is 12.7. The molecule has 49 heavy (non-hydrogen) atoms. The average Bonchev–Trinajstić information content (AvgIpc) is 3.53. The molecule has 6 aromatic rings. The lowest BCUT2D eigenvalue weighted by molar-refractivity contribution is 0.0602. The number of anilines is 2. The van der Waals surface area contributed by atoms with Crippen molar-refractivity contribution in [2.24, 2.45) is 0 Å². The Morgan fingerprint density at radius 2 is 1.49 bits per heavy atom. The van der Waals surface area contributed by atoms with Crippen LogP contribution in [0, 0.1) is 11.3 Å². The SMILES string of the molecule is COC(=O)c1cnc(N(Cc2ccccc2)Cc2ccccc2)c2c1cc(-c1cccc(N3CCC3)c1C#N)n2S(=O)(=O)c1ccccc1. The van der Waals surface area contributed by atoms with E-state index in [1.165, 1.54) is 29.4 Å². The van der Waals surface area contributed by atoms with Gasteiger partial charge >= 0.3 is 5.97 Å². The maximum Gasteiger partial charge on any atom is 0.340 e. The number of methoxy groups -OCH3 is 1.